The van der Waals surface area contributed by atoms with E-state index in [1.165, 1.54) is 0 Å². The zero-order valence-electron chi connectivity index (χ0n) is 14.2. The maximum Gasteiger partial charge on any atom is 0.240 e. The number of rotatable bonds is 7. The topological polar surface area (TPSA) is 93.4 Å². The summed E-state index contributed by atoms with van der Waals surface area (Å²) in [5.41, 5.74) is 4.91. The number of nitrogens with one attached hydrogen (secondary N) is 2. The summed E-state index contributed by atoms with van der Waals surface area (Å²) in [5.74, 6) is -0.280. The van der Waals surface area contributed by atoms with Crippen LogP contribution in [0.4, 0.5) is 0 Å². The molecule has 0 heterocycles. The lowest BCUT2D eigenvalue weighted by atomic mass is 9.54. The highest BCUT2D eigenvalue weighted by Gasteiger charge is 2.62. The van der Waals surface area contributed by atoms with Crippen LogP contribution in [0.15, 0.2) is 0 Å². The quantitative estimate of drug-likeness (QED) is 0.646. The van der Waals surface area contributed by atoms with Crippen LogP contribution in [0, 0.1) is 5.41 Å². The Balaban J connectivity index is 0.00000441. The Morgan fingerprint density at radius 2 is 1.95 bits per heavy atom. The molecule has 0 aromatic carbocycles. The first kappa shape index (κ1) is 21.1. The van der Waals surface area contributed by atoms with Gasteiger partial charge in [0.2, 0.25) is 11.8 Å². The number of hydrogen-bond acceptors (Lipinski definition) is 4. The Bertz CT molecular complexity index is 401. The summed E-state index contributed by atoms with van der Waals surface area (Å²) in [5, 5.41) is 5.55. The molecule has 2 atom stereocenters. The molecule has 1 fully saturated rings. The van der Waals surface area contributed by atoms with Crippen LogP contribution in [0.25, 0.3) is 0 Å². The minimum absolute atomic E-state index is 0. The van der Waals surface area contributed by atoms with E-state index in [0.717, 1.165) is 0 Å². The van der Waals surface area contributed by atoms with Gasteiger partial charge in [0.05, 0.1) is 6.10 Å². The van der Waals surface area contributed by atoms with Gasteiger partial charge in [-0.3, -0.25) is 9.59 Å². The van der Waals surface area contributed by atoms with E-state index in [1.54, 1.807) is 0 Å². The molecular formula is C15H30ClN3O3. The Morgan fingerprint density at radius 1 is 1.36 bits per heavy atom. The molecule has 0 bridgehead atoms. The molecule has 2 amide bonds. The van der Waals surface area contributed by atoms with Crippen molar-refractivity contribution < 1.29 is 14.3 Å². The molecule has 1 aliphatic rings. The third kappa shape index (κ3) is 4.33. The molecule has 0 aromatic heterocycles. The maximum atomic E-state index is 12.3. The van der Waals surface area contributed by atoms with E-state index >= 15 is 0 Å². The highest BCUT2D eigenvalue weighted by molar-refractivity contribution is 5.89. The van der Waals surface area contributed by atoms with Crippen LogP contribution in [-0.4, -0.2) is 42.7 Å². The van der Waals surface area contributed by atoms with Gasteiger partial charge in [-0.2, -0.15) is 0 Å². The number of amides is 2. The standard InChI is InChI=1S/C15H29N3O3.ClH/c1-6-21-11-9-15(16,14(11,4)5)13(20)17-8-7-12(19)18-10(2)3;/h10-11H,6-9,16H2,1-5H3,(H,17,20)(H,18,19);1H. The largest absolute Gasteiger partial charge is 0.378 e. The molecule has 130 valence electrons. The molecule has 1 rings (SSSR count). The van der Waals surface area contributed by atoms with E-state index in [1.807, 2.05) is 34.6 Å². The summed E-state index contributed by atoms with van der Waals surface area (Å²) >= 11 is 0. The summed E-state index contributed by atoms with van der Waals surface area (Å²) < 4.78 is 5.60. The predicted octanol–water partition coefficient (Wildman–Crippen LogP) is 0.972. The zero-order valence-corrected chi connectivity index (χ0v) is 15.0. The van der Waals surface area contributed by atoms with Crippen molar-refractivity contribution >= 4 is 24.2 Å². The van der Waals surface area contributed by atoms with E-state index in [-0.39, 0.29) is 42.8 Å². The maximum absolute atomic E-state index is 12.3. The number of halogens is 1. The molecule has 0 aliphatic heterocycles. The van der Waals surface area contributed by atoms with Gasteiger partial charge in [-0.1, -0.05) is 13.8 Å². The monoisotopic (exact) mass is 335 g/mol. The van der Waals surface area contributed by atoms with Gasteiger partial charge in [0.1, 0.15) is 5.54 Å². The normalized spacial score (nSPS) is 25.9. The van der Waals surface area contributed by atoms with Crippen LogP contribution < -0.4 is 16.4 Å². The number of ether oxygens (including phenoxy) is 1. The fraction of sp³-hybridized carbons (Fsp3) is 0.867. The van der Waals surface area contributed by atoms with Crippen LogP contribution in [0.1, 0.15) is 47.5 Å². The van der Waals surface area contributed by atoms with Crippen molar-refractivity contribution in [3.63, 3.8) is 0 Å². The first-order chi connectivity index (χ1) is 9.65. The molecule has 1 aliphatic carbocycles. The van der Waals surface area contributed by atoms with Crippen LogP contribution in [0.5, 0.6) is 0 Å². The molecule has 22 heavy (non-hydrogen) atoms. The van der Waals surface area contributed by atoms with Crippen molar-refractivity contribution in [3.05, 3.63) is 0 Å². The second-order valence-corrected chi connectivity index (χ2v) is 6.57. The Morgan fingerprint density at radius 3 is 2.41 bits per heavy atom. The lowest BCUT2D eigenvalue weighted by Gasteiger charge is -2.57. The van der Waals surface area contributed by atoms with Crippen LogP contribution in [0.3, 0.4) is 0 Å². The van der Waals surface area contributed by atoms with Gasteiger partial charge in [-0.15, -0.1) is 12.4 Å². The molecule has 0 aromatic rings. The Kier molecular flexibility index (Phi) is 7.81. The van der Waals surface area contributed by atoms with Crippen LogP contribution in [0.2, 0.25) is 0 Å². The van der Waals surface area contributed by atoms with Gasteiger partial charge in [-0.05, 0) is 20.8 Å². The van der Waals surface area contributed by atoms with Gasteiger partial charge in [0.15, 0.2) is 0 Å². The third-order valence-electron chi connectivity index (χ3n) is 4.32. The Labute approximate surface area is 139 Å². The van der Waals surface area contributed by atoms with Crippen LogP contribution in [-0.2, 0) is 14.3 Å². The number of carbonyl (C=O) groups is 2. The van der Waals surface area contributed by atoms with Crippen molar-refractivity contribution in [3.8, 4) is 0 Å². The second-order valence-electron chi connectivity index (χ2n) is 6.57. The molecule has 0 radical (unpaired) electrons. The highest BCUT2D eigenvalue weighted by Crippen LogP contribution is 2.49. The molecule has 4 N–H and O–H groups in total. The van der Waals surface area contributed by atoms with Crippen molar-refractivity contribution in [1.29, 1.82) is 0 Å². The first-order valence-electron chi connectivity index (χ1n) is 7.63. The SMILES string of the molecule is CCOC1CC(N)(C(=O)NCCC(=O)NC(C)C)C1(C)C.Cl. The van der Waals surface area contributed by atoms with E-state index in [0.29, 0.717) is 19.6 Å². The molecule has 7 heteroatoms. The average molecular weight is 336 g/mol. The average Bonchev–Trinajstić information content (AvgIpc) is 2.37. The van der Waals surface area contributed by atoms with Gasteiger partial charge < -0.3 is 21.1 Å². The predicted molar refractivity (Wildman–Crippen MR) is 88.9 cm³/mol. The molecule has 0 spiro atoms. The molecule has 6 nitrogen and oxygen atoms in total. The highest BCUT2D eigenvalue weighted by atomic mass is 35.5. The minimum Gasteiger partial charge on any atom is -0.378 e. The summed E-state index contributed by atoms with van der Waals surface area (Å²) in [6.07, 6.45) is 0.773. The third-order valence-corrected chi connectivity index (χ3v) is 4.32. The van der Waals surface area contributed by atoms with E-state index < -0.39 is 11.0 Å². The van der Waals surface area contributed by atoms with E-state index in [2.05, 4.69) is 10.6 Å². The number of hydrogen-bond donors (Lipinski definition) is 3. The van der Waals surface area contributed by atoms with Crippen molar-refractivity contribution in [2.75, 3.05) is 13.2 Å². The van der Waals surface area contributed by atoms with E-state index in [9.17, 15) is 9.59 Å². The lowest BCUT2D eigenvalue weighted by Crippen LogP contribution is -2.75. The molecule has 2 unspecified atom stereocenters. The minimum atomic E-state index is -0.929. The van der Waals surface area contributed by atoms with Gasteiger partial charge in [0.25, 0.3) is 0 Å². The van der Waals surface area contributed by atoms with Crippen molar-refractivity contribution in [2.24, 2.45) is 11.1 Å². The summed E-state index contributed by atoms with van der Waals surface area (Å²) in [6.45, 7) is 10.5. The fourth-order valence-electron chi connectivity index (χ4n) is 2.66. The van der Waals surface area contributed by atoms with Crippen molar-refractivity contribution in [2.45, 2.75) is 65.1 Å². The zero-order chi connectivity index (χ0) is 16.3. The van der Waals surface area contributed by atoms with E-state index in [4.69, 9.17) is 10.5 Å². The summed E-state index contributed by atoms with van der Waals surface area (Å²) in [7, 11) is 0. The fourth-order valence-corrected chi connectivity index (χ4v) is 2.66. The first-order valence-corrected chi connectivity index (χ1v) is 7.63. The van der Waals surface area contributed by atoms with Gasteiger partial charge in [-0.25, -0.2) is 0 Å². The number of nitrogens with two attached hydrogens (primary N) is 1. The Hall–Kier alpha value is -0.850. The van der Waals surface area contributed by atoms with Gasteiger partial charge in [0, 0.05) is 37.5 Å². The summed E-state index contributed by atoms with van der Waals surface area (Å²) in [6, 6.07) is 0.103. The smallest absolute Gasteiger partial charge is 0.240 e. The lowest BCUT2D eigenvalue weighted by molar-refractivity contribution is -0.170. The second kappa shape index (κ2) is 8.13. The molecule has 0 saturated heterocycles. The van der Waals surface area contributed by atoms with Gasteiger partial charge >= 0.3 is 0 Å². The van der Waals surface area contributed by atoms with Crippen molar-refractivity contribution in [1.82, 2.24) is 10.6 Å². The van der Waals surface area contributed by atoms with Crippen LogP contribution >= 0.6 is 12.4 Å². The molecular weight excluding hydrogens is 306 g/mol. The molecule has 1 saturated carbocycles. The summed E-state index contributed by atoms with van der Waals surface area (Å²) in [4.78, 5) is 23.8. The number of carbonyl (C=O) groups excluding carboxylic acids is 2.